The fraction of sp³-hybridized carbons (Fsp3) is 0.214. The van der Waals surface area contributed by atoms with Gasteiger partial charge in [0.2, 0.25) is 0 Å². The molecule has 0 saturated carbocycles. The number of benzene rings is 2. The van der Waals surface area contributed by atoms with Gasteiger partial charge in [0.25, 0.3) is 0 Å². The molecule has 2 aromatic carbocycles. The van der Waals surface area contributed by atoms with Gasteiger partial charge in [-0.1, -0.05) is 42.5 Å². The van der Waals surface area contributed by atoms with Gasteiger partial charge in [-0.25, -0.2) is 4.98 Å². The van der Waals surface area contributed by atoms with Crippen molar-refractivity contribution in [1.82, 2.24) is 4.98 Å². The van der Waals surface area contributed by atoms with Crippen LogP contribution in [0.15, 0.2) is 91.4 Å². The van der Waals surface area contributed by atoms with E-state index in [1.54, 1.807) is 18.3 Å². The van der Waals surface area contributed by atoms with E-state index in [9.17, 15) is 22.8 Å². The molecule has 0 aliphatic rings. The molecule has 6 nitrogen and oxygen atoms in total. The molecular formula is C28H26ClF4N3O3. The first kappa shape index (κ1) is 29.5. The normalized spacial score (nSPS) is 11.7. The van der Waals surface area contributed by atoms with E-state index in [-0.39, 0.29) is 12.4 Å². The van der Waals surface area contributed by atoms with Gasteiger partial charge in [0.15, 0.2) is 23.9 Å². The van der Waals surface area contributed by atoms with Crippen molar-refractivity contribution in [3.05, 3.63) is 119 Å². The van der Waals surface area contributed by atoms with Crippen molar-refractivity contribution in [3.63, 3.8) is 0 Å². The lowest BCUT2D eigenvalue weighted by Crippen LogP contribution is -2.24. The first-order chi connectivity index (χ1) is 18.3. The zero-order valence-electron chi connectivity index (χ0n) is 20.8. The average Bonchev–Trinajstić information content (AvgIpc) is 2.89. The first-order valence-corrected chi connectivity index (χ1v) is 11.7. The number of rotatable bonds is 11. The van der Waals surface area contributed by atoms with Gasteiger partial charge >= 0.3 is 13.2 Å². The van der Waals surface area contributed by atoms with Crippen LogP contribution in [0.2, 0.25) is 0 Å². The van der Waals surface area contributed by atoms with Gasteiger partial charge in [-0.05, 0) is 46.9 Å². The summed E-state index contributed by atoms with van der Waals surface area (Å²) in [5.41, 5.74) is 3.20. The number of pyridine rings is 2. The van der Waals surface area contributed by atoms with Crippen LogP contribution in [-0.2, 0) is 13.0 Å². The lowest BCUT2D eigenvalue weighted by atomic mass is 9.86. The third-order valence-electron chi connectivity index (χ3n) is 5.94. The molecule has 4 rings (SSSR count). The van der Waals surface area contributed by atoms with Crippen LogP contribution in [0.25, 0.3) is 0 Å². The number of alkyl halides is 4. The summed E-state index contributed by atoms with van der Waals surface area (Å²) in [6.07, 6.45) is 4.79. The highest BCUT2D eigenvalue weighted by Crippen LogP contribution is 2.37. The number of aromatic nitrogens is 2. The Morgan fingerprint density at radius 2 is 1.46 bits per heavy atom. The molecule has 11 heteroatoms. The standard InChI is InChI=1S/C28H25F4N3O3.ClH/c1-34(18-20-5-3-2-4-6-20)26-10-8-22(17-33-26)23(15-19-11-13-35(36)14-12-19)21-7-9-24(37-27(29)30)25(16-21)38-28(31)32;/h2-14,16-17,23,27-28H,15,18H2,1H3;1H. The van der Waals surface area contributed by atoms with Crippen molar-refractivity contribution in [2.75, 3.05) is 11.9 Å². The summed E-state index contributed by atoms with van der Waals surface area (Å²) in [5.74, 6) is -0.684. The molecule has 0 amide bonds. The van der Waals surface area contributed by atoms with Crippen LogP contribution in [0.5, 0.6) is 11.5 Å². The van der Waals surface area contributed by atoms with E-state index < -0.39 is 30.6 Å². The van der Waals surface area contributed by atoms with E-state index in [4.69, 9.17) is 0 Å². The predicted octanol–water partition coefficient (Wildman–Crippen LogP) is 6.35. The minimum absolute atomic E-state index is 0. The summed E-state index contributed by atoms with van der Waals surface area (Å²) in [4.78, 5) is 6.59. The maximum atomic E-state index is 13.0. The highest BCUT2D eigenvalue weighted by Gasteiger charge is 2.21. The summed E-state index contributed by atoms with van der Waals surface area (Å²) in [6.45, 7) is -5.79. The van der Waals surface area contributed by atoms with E-state index in [2.05, 4.69) is 14.5 Å². The Labute approximate surface area is 229 Å². The van der Waals surface area contributed by atoms with Gasteiger partial charge in [0.1, 0.15) is 5.82 Å². The van der Waals surface area contributed by atoms with Crippen LogP contribution in [0.1, 0.15) is 28.2 Å². The fourth-order valence-corrected chi connectivity index (χ4v) is 4.13. The number of hydrogen-bond acceptors (Lipinski definition) is 5. The van der Waals surface area contributed by atoms with Crippen LogP contribution in [-0.4, -0.2) is 25.3 Å². The molecule has 39 heavy (non-hydrogen) atoms. The SMILES string of the molecule is CN(Cc1ccccc1)c1ccc(C(Cc2cc[n+]([O-])cc2)c2ccc(OC(F)F)c(OC(F)F)c2)cn1.Cl. The molecular weight excluding hydrogens is 538 g/mol. The van der Waals surface area contributed by atoms with Crippen molar-refractivity contribution in [2.24, 2.45) is 0 Å². The van der Waals surface area contributed by atoms with Crippen molar-refractivity contribution >= 4 is 18.2 Å². The van der Waals surface area contributed by atoms with E-state index in [1.807, 2.05) is 54.4 Å². The lowest BCUT2D eigenvalue weighted by Gasteiger charge is -2.22. The van der Waals surface area contributed by atoms with Gasteiger partial charge in [-0.3, -0.25) is 0 Å². The zero-order valence-corrected chi connectivity index (χ0v) is 21.6. The number of anilines is 1. The first-order valence-electron chi connectivity index (χ1n) is 11.7. The highest BCUT2D eigenvalue weighted by atomic mass is 35.5. The Morgan fingerprint density at radius 3 is 2.08 bits per heavy atom. The predicted molar refractivity (Wildman–Crippen MR) is 141 cm³/mol. The topological polar surface area (TPSA) is 61.5 Å². The Morgan fingerprint density at radius 1 is 0.821 bits per heavy atom. The molecule has 0 aliphatic carbocycles. The van der Waals surface area contributed by atoms with Crippen molar-refractivity contribution < 1.29 is 31.8 Å². The molecule has 0 saturated heterocycles. The zero-order chi connectivity index (χ0) is 27.1. The molecule has 2 heterocycles. The third kappa shape index (κ3) is 8.22. The van der Waals surface area contributed by atoms with Crippen LogP contribution in [0.4, 0.5) is 23.4 Å². The molecule has 0 aliphatic heterocycles. The fourth-order valence-electron chi connectivity index (χ4n) is 4.13. The van der Waals surface area contributed by atoms with Crippen molar-refractivity contribution in [2.45, 2.75) is 32.1 Å². The summed E-state index contributed by atoms with van der Waals surface area (Å²) in [7, 11) is 1.92. The number of halogens is 5. The number of hydrogen-bond donors (Lipinski definition) is 0. The van der Waals surface area contributed by atoms with Crippen LogP contribution in [0, 0.1) is 5.21 Å². The van der Waals surface area contributed by atoms with Gasteiger partial charge in [-0.2, -0.15) is 22.3 Å². The molecule has 1 unspecified atom stereocenters. The molecule has 0 bridgehead atoms. The third-order valence-corrected chi connectivity index (χ3v) is 5.94. The van der Waals surface area contributed by atoms with Crippen LogP contribution < -0.4 is 19.1 Å². The number of nitrogens with zero attached hydrogens (tertiary/aromatic N) is 3. The summed E-state index contributed by atoms with van der Waals surface area (Å²) in [6, 6.07) is 20.9. The van der Waals surface area contributed by atoms with Gasteiger partial charge in [0, 0.05) is 37.8 Å². The van der Waals surface area contributed by atoms with E-state index in [1.165, 1.54) is 30.6 Å². The second-order valence-corrected chi connectivity index (χ2v) is 8.58. The molecule has 0 N–H and O–H groups in total. The molecule has 4 aromatic rings. The lowest BCUT2D eigenvalue weighted by molar-refractivity contribution is -0.605. The Hall–Kier alpha value is -4.05. The summed E-state index contributed by atoms with van der Waals surface area (Å²) < 4.78 is 61.2. The van der Waals surface area contributed by atoms with Gasteiger partial charge < -0.3 is 19.6 Å². The monoisotopic (exact) mass is 563 g/mol. The number of ether oxygens (including phenoxy) is 2. The van der Waals surface area contributed by atoms with Crippen molar-refractivity contribution in [3.8, 4) is 11.5 Å². The van der Waals surface area contributed by atoms with E-state index >= 15 is 0 Å². The van der Waals surface area contributed by atoms with Crippen LogP contribution in [0.3, 0.4) is 0 Å². The molecule has 2 aromatic heterocycles. The minimum atomic E-state index is -3.23. The molecule has 206 valence electrons. The second-order valence-electron chi connectivity index (χ2n) is 8.58. The largest absolute Gasteiger partial charge is 0.619 e. The quantitative estimate of drug-likeness (QED) is 0.121. The Kier molecular flexibility index (Phi) is 10.3. The van der Waals surface area contributed by atoms with Gasteiger partial charge in [-0.15, -0.1) is 12.4 Å². The molecule has 1 atom stereocenters. The smallest absolute Gasteiger partial charge is 0.387 e. The van der Waals surface area contributed by atoms with Crippen molar-refractivity contribution in [1.29, 1.82) is 0 Å². The summed E-state index contributed by atoms with van der Waals surface area (Å²) in [5, 5.41) is 11.5. The molecule has 0 radical (unpaired) electrons. The summed E-state index contributed by atoms with van der Waals surface area (Å²) >= 11 is 0. The van der Waals surface area contributed by atoms with Crippen LogP contribution >= 0.6 is 12.4 Å². The minimum Gasteiger partial charge on any atom is -0.619 e. The highest BCUT2D eigenvalue weighted by molar-refractivity contribution is 5.85. The maximum Gasteiger partial charge on any atom is 0.387 e. The average molecular weight is 564 g/mol. The second kappa shape index (κ2) is 13.7. The van der Waals surface area contributed by atoms with Gasteiger partial charge in [0.05, 0.1) is 0 Å². The Bertz CT molecular complexity index is 1310. The maximum absolute atomic E-state index is 13.0. The molecule has 0 spiro atoms. The Balaban J connectivity index is 0.00000420. The van der Waals surface area contributed by atoms with E-state index in [0.717, 1.165) is 22.5 Å². The molecule has 0 fully saturated rings. The van der Waals surface area contributed by atoms with E-state index in [0.29, 0.717) is 23.3 Å².